The van der Waals surface area contributed by atoms with Crippen molar-refractivity contribution in [2.75, 3.05) is 13.6 Å². The van der Waals surface area contributed by atoms with Crippen LogP contribution in [0.25, 0.3) is 0 Å². The first-order valence-electron chi connectivity index (χ1n) is 8.06. The third-order valence-corrected chi connectivity index (χ3v) is 4.48. The molecule has 122 valence electrons. The molecule has 22 heavy (non-hydrogen) atoms. The fourth-order valence-corrected chi connectivity index (χ4v) is 3.69. The number of fused-ring (bicyclic) bond motifs is 1. The zero-order valence-corrected chi connectivity index (χ0v) is 14.5. The van der Waals surface area contributed by atoms with E-state index in [1.165, 1.54) is 16.7 Å². The molecule has 3 heteroatoms. The molecular weight excluding hydrogens is 274 g/mol. The minimum Gasteiger partial charge on any atom is -0.393 e. The van der Waals surface area contributed by atoms with E-state index in [9.17, 15) is 5.11 Å². The van der Waals surface area contributed by atoms with Gasteiger partial charge in [-0.25, -0.2) is 0 Å². The van der Waals surface area contributed by atoms with Crippen LogP contribution in [0, 0.1) is 6.92 Å². The van der Waals surface area contributed by atoms with E-state index in [1.54, 1.807) is 6.92 Å². The number of ether oxygens (including phenoxy) is 1. The highest BCUT2D eigenvalue weighted by Gasteiger charge is 2.40. The van der Waals surface area contributed by atoms with Gasteiger partial charge in [-0.05, 0) is 52.3 Å². The monoisotopic (exact) mass is 303 g/mol. The lowest BCUT2D eigenvalue weighted by Gasteiger charge is -2.45. The number of aryl methyl sites for hydroxylation is 1. The number of hydrogen-bond acceptors (Lipinski definition) is 3. The van der Waals surface area contributed by atoms with Crippen LogP contribution in [0.3, 0.4) is 0 Å². The largest absolute Gasteiger partial charge is 0.393 e. The fourth-order valence-electron chi connectivity index (χ4n) is 3.69. The van der Waals surface area contributed by atoms with Crippen molar-refractivity contribution in [3.63, 3.8) is 0 Å². The molecule has 0 amide bonds. The number of nitrogens with zero attached hydrogens (tertiary/aromatic N) is 1. The van der Waals surface area contributed by atoms with Crippen LogP contribution in [0.4, 0.5) is 0 Å². The van der Waals surface area contributed by atoms with Gasteiger partial charge < -0.3 is 9.84 Å². The zero-order chi connectivity index (χ0) is 16.5. The summed E-state index contributed by atoms with van der Waals surface area (Å²) in [4.78, 5) is 2.28. The molecule has 0 radical (unpaired) electrons. The second-order valence-corrected chi connectivity index (χ2v) is 6.93. The molecule has 0 fully saturated rings. The molecule has 1 aromatic carbocycles. The van der Waals surface area contributed by atoms with Crippen molar-refractivity contribution in [3.8, 4) is 0 Å². The van der Waals surface area contributed by atoms with E-state index in [-0.39, 0.29) is 23.9 Å². The van der Waals surface area contributed by atoms with Gasteiger partial charge in [-0.1, -0.05) is 29.8 Å². The van der Waals surface area contributed by atoms with Crippen molar-refractivity contribution in [1.82, 2.24) is 4.90 Å². The van der Waals surface area contributed by atoms with Gasteiger partial charge in [0.1, 0.15) is 5.60 Å². The van der Waals surface area contributed by atoms with Crippen molar-refractivity contribution < 1.29 is 9.84 Å². The number of hydrogen-bond donors (Lipinski definition) is 1. The molecule has 1 heterocycles. The molecule has 0 saturated heterocycles. The zero-order valence-electron chi connectivity index (χ0n) is 14.5. The summed E-state index contributed by atoms with van der Waals surface area (Å²) in [6.45, 7) is 12.9. The molecule has 0 aliphatic carbocycles. The molecule has 0 bridgehead atoms. The van der Waals surface area contributed by atoms with Crippen LogP contribution in [-0.4, -0.2) is 35.8 Å². The highest BCUT2D eigenvalue weighted by atomic mass is 16.5. The van der Waals surface area contributed by atoms with Gasteiger partial charge >= 0.3 is 0 Å². The van der Waals surface area contributed by atoms with Crippen LogP contribution >= 0.6 is 0 Å². The maximum absolute atomic E-state index is 9.60. The van der Waals surface area contributed by atoms with Crippen molar-refractivity contribution in [1.29, 1.82) is 0 Å². The summed E-state index contributed by atoms with van der Waals surface area (Å²) >= 11 is 0. The normalized spacial score (nSPS) is 28.0. The first-order chi connectivity index (χ1) is 10.3. The average molecular weight is 303 g/mol. The smallest absolute Gasteiger partial charge is 0.104 e. The van der Waals surface area contributed by atoms with Crippen LogP contribution in [0.5, 0.6) is 0 Å². The lowest BCUT2D eigenvalue weighted by atomic mass is 9.82. The molecule has 0 saturated carbocycles. The standard InChI is InChI=1S/C19H29NO2/c1-7-18-16-10-13(2)8-9-17(16)19(5,12-20(18)6)22-15(4)11-14(3)21/h7-10,14-15,18,21H,1,11-12H2,2-6H3. The first-order valence-corrected chi connectivity index (χ1v) is 8.06. The third kappa shape index (κ3) is 3.43. The third-order valence-electron chi connectivity index (χ3n) is 4.48. The van der Waals surface area contributed by atoms with Crippen molar-refractivity contribution >= 4 is 0 Å². The average Bonchev–Trinajstić information content (AvgIpc) is 2.36. The Balaban J connectivity index is 2.39. The molecule has 0 spiro atoms. The van der Waals surface area contributed by atoms with Gasteiger partial charge in [-0.15, -0.1) is 6.58 Å². The Morgan fingerprint density at radius 1 is 1.50 bits per heavy atom. The summed E-state index contributed by atoms with van der Waals surface area (Å²) in [5.41, 5.74) is 3.39. The van der Waals surface area contributed by atoms with Crippen molar-refractivity contribution in [2.45, 2.75) is 58.0 Å². The van der Waals surface area contributed by atoms with E-state index >= 15 is 0 Å². The Bertz CT molecular complexity index is 540. The fraction of sp³-hybridized carbons (Fsp3) is 0.579. The van der Waals surface area contributed by atoms with Gasteiger partial charge in [0.2, 0.25) is 0 Å². The van der Waals surface area contributed by atoms with Gasteiger partial charge in [-0.2, -0.15) is 0 Å². The van der Waals surface area contributed by atoms with Crippen molar-refractivity contribution in [3.05, 3.63) is 47.5 Å². The molecule has 1 aliphatic rings. The molecule has 1 aromatic rings. The van der Waals surface area contributed by atoms with Gasteiger partial charge in [0.25, 0.3) is 0 Å². The summed E-state index contributed by atoms with van der Waals surface area (Å²) in [6.07, 6.45) is 2.30. The number of rotatable bonds is 5. The number of aliphatic hydroxyl groups excluding tert-OH is 1. The van der Waals surface area contributed by atoms with Crippen LogP contribution in [0.15, 0.2) is 30.9 Å². The molecular formula is C19H29NO2. The predicted octanol–water partition coefficient (Wildman–Crippen LogP) is 3.56. The van der Waals surface area contributed by atoms with E-state index in [0.717, 1.165) is 6.54 Å². The van der Waals surface area contributed by atoms with Crippen LogP contribution in [-0.2, 0) is 10.3 Å². The second kappa shape index (κ2) is 6.53. The minimum absolute atomic E-state index is 0.00725. The maximum Gasteiger partial charge on any atom is 0.104 e. The Hall–Kier alpha value is -1.16. The van der Waals surface area contributed by atoms with Crippen LogP contribution in [0.2, 0.25) is 0 Å². The highest BCUT2D eigenvalue weighted by Crippen LogP contribution is 2.41. The van der Waals surface area contributed by atoms with Crippen LogP contribution in [0.1, 0.15) is 49.9 Å². The van der Waals surface area contributed by atoms with Gasteiger partial charge in [0, 0.05) is 6.54 Å². The lowest BCUT2D eigenvalue weighted by Crippen LogP contribution is -2.47. The predicted molar refractivity (Wildman–Crippen MR) is 90.9 cm³/mol. The minimum atomic E-state index is -0.369. The first kappa shape index (κ1) is 17.2. The summed E-state index contributed by atoms with van der Waals surface area (Å²) in [6, 6.07) is 6.78. The highest BCUT2D eigenvalue weighted by molar-refractivity contribution is 5.41. The summed E-state index contributed by atoms with van der Waals surface area (Å²) in [7, 11) is 2.11. The van der Waals surface area contributed by atoms with E-state index < -0.39 is 0 Å². The summed E-state index contributed by atoms with van der Waals surface area (Å²) < 4.78 is 6.38. The second-order valence-electron chi connectivity index (χ2n) is 6.93. The van der Waals surface area contributed by atoms with E-state index in [2.05, 4.69) is 50.6 Å². The summed E-state index contributed by atoms with van der Waals surface area (Å²) in [5.74, 6) is 0. The quantitative estimate of drug-likeness (QED) is 0.844. The molecule has 3 nitrogen and oxygen atoms in total. The molecule has 1 aliphatic heterocycles. The molecule has 2 rings (SSSR count). The topological polar surface area (TPSA) is 32.7 Å². The number of likely N-dealkylation sites (N-methyl/N-ethyl adjacent to an activating group) is 1. The van der Waals surface area contributed by atoms with E-state index in [0.29, 0.717) is 6.42 Å². The Labute approximate surface area is 134 Å². The van der Waals surface area contributed by atoms with Crippen LogP contribution < -0.4 is 0 Å². The molecule has 1 N–H and O–H groups in total. The van der Waals surface area contributed by atoms with E-state index in [4.69, 9.17) is 4.74 Å². The Morgan fingerprint density at radius 3 is 2.77 bits per heavy atom. The Morgan fingerprint density at radius 2 is 2.18 bits per heavy atom. The number of benzene rings is 1. The SMILES string of the molecule is C=CC1c2cc(C)ccc2C(C)(OC(C)CC(C)O)CN1C. The van der Waals surface area contributed by atoms with Gasteiger partial charge in [-0.3, -0.25) is 4.90 Å². The summed E-state index contributed by atoms with van der Waals surface area (Å²) in [5, 5.41) is 9.60. The van der Waals surface area contributed by atoms with Crippen molar-refractivity contribution in [2.24, 2.45) is 0 Å². The molecule has 4 atom stereocenters. The molecule has 4 unspecified atom stereocenters. The maximum atomic E-state index is 9.60. The van der Waals surface area contributed by atoms with Gasteiger partial charge in [0.05, 0.1) is 18.2 Å². The van der Waals surface area contributed by atoms with E-state index in [1.807, 2.05) is 13.0 Å². The van der Waals surface area contributed by atoms with Gasteiger partial charge in [0.15, 0.2) is 0 Å². The Kier molecular flexibility index (Phi) is 5.10. The molecule has 0 aromatic heterocycles. The number of aliphatic hydroxyl groups is 1. The lowest BCUT2D eigenvalue weighted by molar-refractivity contribution is -0.114.